The molecule has 0 bridgehead atoms. The maximum Gasteiger partial charge on any atom is 0.419 e. The number of fused-ring (bicyclic) bond motifs is 1. The number of hydrogen-bond donors (Lipinski definition) is 3. The number of aliphatic hydroxyl groups excluding tert-OH is 1. The van der Waals surface area contributed by atoms with Crippen LogP contribution in [-0.4, -0.2) is 28.4 Å². The van der Waals surface area contributed by atoms with Crippen LogP contribution in [0.2, 0.25) is 0 Å². The molecule has 7 heteroatoms. The van der Waals surface area contributed by atoms with E-state index in [0.29, 0.717) is 29.8 Å². The summed E-state index contributed by atoms with van der Waals surface area (Å²) in [6.07, 6.45) is 0.0326. The number of amides is 2. The lowest BCUT2D eigenvalue weighted by molar-refractivity contribution is 0.184. The number of aryl methyl sites for hydroxylation is 1. The van der Waals surface area contributed by atoms with Crippen LogP contribution in [0.5, 0.6) is 0 Å². The zero-order valence-electron chi connectivity index (χ0n) is 11.3. The Morgan fingerprint density at radius 3 is 2.95 bits per heavy atom. The van der Waals surface area contributed by atoms with Crippen molar-refractivity contribution in [3.8, 4) is 0 Å². The summed E-state index contributed by atoms with van der Waals surface area (Å²) >= 11 is 0. The topological polar surface area (TPSA) is 96.5 Å². The Labute approximate surface area is 115 Å². The van der Waals surface area contributed by atoms with Crippen LogP contribution < -0.4 is 16.4 Å². The molecule has 1 unspecified atom stereocenters. The fourth-order valence-corrected chi connectivity index (χ4v) is 1.78. The lowest BCUT2D eigenvalue weighted by atomic mass is 10.3. The molecular formula is C13H17N3O4. The summed E-state index contributed by atoms with van der Waals surface area (Å²) in [6, 6.07) is 4.60. The van der Waals surface area contributed by atoms with Crippen molar-refractivity contribution in [3.63, 3.8) is 0 Å². The zero-order valence-corrected chi connectivity index (χ0v) is 11.3. The predicted octanol–water partition coefficient (Wildman–Crippen LogP) is 1.02. The Hall–Kier alpha value is -2.28. The van der Waals surface area contributed by atoms with Gasteiger partial charge in [0.25, 0.3) is 0 Å². The van der Waals surface area contributed by atoms with E-state index < -0.39 is 11.9 Å². The van der Waals surface area contributed by atoms with Crippen LogP contribution in [0.3, 0.4) is 0 Å². The Kier molecular flexibility index (Phi) is 4.09. The van der Waals surface area contributed by atoms with Crippen molar-refractivity contribution in [2.24, 2.45) is 7.05 Å². The lowest BCUT2D eigenvalue weighted by Gasteiger charge is -2.08. The van der Waals surface area contributed by atoms with Gasteiger partial charge in [0.15, 0.2) is 5.58 Å². The number of carbonyl (C=O) groups is 1. The van der Waals surface area contributed by atoms with Crippen LogP contribution in [0.4, 0.5) is 10.5 Å². The molecule has 0 saturated carbocycles. The van der Waals surface area contributed by atoms with Crippen molar-refractivity contribution >= 4 is 22.8 Å². The quantitative estimate of drug-likeness (QED) is 0.778. The van der Waals surface area contributed by atoms with Crippen LogP contribution >= 0.6 is 0 Å². The highest BCUT2D eigenvalue weighted by atomic mass is 16.4. The van der Waals surface area contributed by atoms with Gasteiger partial charge in [-0.15, -0.1) is 0 Å². The average Bonchev–Trinajstić information content (AvgIpc) is 2.64. The predicted molar refractivity (Wildman–Crippen MR) is 74.8 cm³/mol. The smallest absolute Gasteiger partial charge is 0.408 e. The summed E-state index contributed by atoms with van der Waals surface area (Å²) in [7, 11) is 1.62. The molecule has 1 atom stereocenters. The molecule has 0 aliphatic heterocycles. The first-order chi connectivity index (χ1) is 9.47. The molecule has 0 fully saturated rings. The van der Waals surface area contributed by atoms with Gasteiger partial charge >= 0.3 is 11.8 Å². The molecule has 1 aromatic heterocycles. The summed E-state index contributed by atoms with van der Waals surface area (Å²) in [5.74, 6) is -0.446. The minimum Gasteiger partial charge on any atom is -0.408 e. The summed E-state index contributed by atoms with van der Waals surface area (Å²) in [6.45, 7) is 2.04. The number of aliphatic hydroxyl groups is 1. The highest BCUT2D eigenvalue weighted by Crippen LogP contribution is 2.17. The average molecular weight is 279 g/mol. The molecule has 2 rings (SSSR count). The van der Waals surface area contributed by atoms with Crippen LogP contribution in [0.1, 0.15) is 13.3 Å². The first-order valence-electron chi connectivity index (χ1n) is 6.30. The SMILES string of the molecule is CC(O)CCNC(=O)Nc1ccc2c(c1)oc(=O)n2C. The zero-order chi connectivity index (χ0) is 14.7. The Balaban J connectivity index is 2.03. The number of oxazole rings is 1. The van der Waals surface area contributed by atoms with Gasteiger partial charge in [-0.05, 0) is 25.5 Å². The van der Waals surface area contributed by atoms with Crippen molar-refractivity contribution in [1.82, 2.24) is 9.88 Å². The van der Waals surface area contributed by atoms with E-state index in [1.165, 1.54) is 4.57 Å². The van der Waals surface area contributed by atoms with Crippen LogP contribution in [-0.2, 0) is 7.05 Å². The van der Waals surface area contributed by atoms with E-state index in [0.717, 1.165) is 0 Å². The first kappa shape index (κ1) is 14.1. The number of rotatable bonds is 4. The summed E-state index contributed by atoms with van der Waals surface area (Å²) in [5.41, 5.74) is 1.61. The van der Waals surface area contributed by atoms with Gasteiger partial charge in [0.05, 0.1) is 11.6 Å². The number of benzene rings is 1. The first-order valence-corrected chi connectivity index (χ1v) is 6.30. The summed E-state index contributed by atoms with van der Waals surface area (Å²) in [4.78, 5) is 23.0. The van der Waals surface area contributed by atoms with Gasteiger partial charge in [0.1, 0.15) is 0 Å². The minimum absolute atomic E-state index is 0.372. The van der Waals surface area contributed by atoms with E-state index >= 15 is 0 Å². The van der Waals surface area contributed by atoms with Gasteiger partial charge in [0.2, 0.25) is 0 Å². The van der Waals surface area contributed by atoms with E-state index in [-0.39, 0.29) is 6.03 Å². The fraction of sp³-hybridized carbons (Fsp3) is 0.385. The maximum atomic E-state index is 11.6. The third-order valence-electron chi connectivity index (χ3n) is 2.90. The number of anilines is 1. The van der Waals surface area contributed by atoms with Gasteiger partial charge in [-0.2, -0.15) is 0 Å². The fourth-order valence-electron chi connectivity index (χ4n) is 1.78. The number of urea groups is 1. The standard InChI is InChI=1S/C13H17N3O4/c1-8(17)5-6-14-12(18)15-9-3-4-10-11(7-9)20-13(19)16(10)2/h3-4,7-8,17H,5-6H2,1-2H3,(H2,14,15,18). The molecule has 0 radical (unpaired) electrons. The van der Waals surface area contributed by atoms with E-state index in [2.05, 4.69) is 10.6 Å². The van der Waals surface area contributed by atoms with E-state index in [1.54, 1.807) is 32.2 Å². The molecule has 1 aromatic carbocycles. The number of aromatic nitrogens is 1. The molecule has 108 valence electrons. The second kappa shape index (κ2) is 5.79. The highest BCUT2D eigenvalue weighted by Gasteiger charge is 2.08. The van der Waals surface area contributed by atoms with Crippen LogP contribution in [0.15, 0.2) is 27.4 Å². The number of carbonyl (C=O) groups excluding carboxylic acids is 1. The number of nitrogens with one attached hydrogen (secondary N) is 2. The number of nitrogens with zero attached hydrogens (tertiary/aromatic N) is 1. The van der Waals surface area contributed by atoms with Crippen molar-refractivity contribution in [2.45, 2.75) is 19.4 Å². The molecule has 7 nitrogen and oxygen atoms in total. The van der Waals surface area contributed by atoms with Crippen molar-refractivity contribution in [2.75, 3.05) is 11.9 Å². The molecule has 0 aliphatic rings. The molecular weight excluding hydrogens is 262 g/mol. The minimum atomic E-state index is -0.453. The molecule has 1 heterocycles. The van der Waals surface area contributed by atoms with Gasteiger partial charge in [0, 0.05) is 25.3 Å². The van der Waals surface area contributed by atoms with Crippen LogP contribution in [0.25, 0.3) is 11.1 Å². The maximum absolute atomic E-state index is 11.6. The van der Waals surface area contributed by atoms with E-state index in [4.69, 9.17) is 9.52 Å². The summed E-state index contributed by atoms with van der Waals surface area (Å²) < 4.78 is 6.43. The van der Waals surface area contributed by atoms with Gasteiger partial charge < -0.3 is 20.2 Å². The Morgan fingerprint density at radius 1 is 1.50 bits per heavy atom. The van der Waals surface area contributed by atoms with Crippen LogP contribution in [0, 0.1) is 0 Å². The van der Waals surface area contributed by atoms with E-state index in [1.807, 2.05) is 0 Å². The van der Waals surface area contributed by atoms with Gasteiger partial charge in [-0.25, -0.2) is 9.59 Å². The second-order valence-corrected chi connectivity index (χ2v) is 4.63. The molecule has 0 spiro atoms. The lowest BCUT2D eigenvalue weighted by Crippen LogP contribution is -2.30. The molecule has 2 amide bonds. The highest BCUT2D eigenvalue weighted by molar-refractivity contribution is 5.91. The van der Waals surface area contributed by atoms with Crippen molar-refractivity contribution in [1.29, 1.82) is 0 Å². The second-order valence-electron chi connectivity index (χ2n) is 4.63. The Morgan fingerprint density at radius 2 is 2.25 bits per heavy atom. The Bertz CT molecular complexity index is 672. The molecule has 20 heavy (non-hydrogen) atoms. The van der Waals surface area contributed by atoms with Crippen molar-refractivity contribution in [3.05, 3.63) is 28.7 Å². The molecule has 0 saturated heterocycles. The third-order valence-corrected chi connectivity index (χ3v) is 2.90. The number of hydrogen-bond acceptors (Lipinski definition) is 4. The van der Waals surface area contributed by atoms with Gasteiger partial charge in [-0.1, -0.05) is 0 Å². The molecule has 0 aliphatic carbocycles. The third kappa shape index (κ3) is 3.18. The largest absolute Gasteiger partial charge is 0.419 e. The monoisotopic (exact) mass is 279 g/mol. The van der Waals surface area contributed by atoms with Crippen molar-refractivity contribution < 1.29 is 14.3 Å². The normalized spacial score (nSPS) is 12.3. The van der Waals surface area contributed by atoms with E-state index in [9.17, 15) is 9.59 Å². The molecule has 2 aromatic rings. The van der Waals surface area contributed by atoms with Gasteiger partial charge in [-0.3, -0.25) is 4.57 Å². The molecule has 3 N–H and O–H groups in total. The summed E-state index contributed by atoms with van der Waals surface area (Å²) in [5, 5.41) is 14.3.